The highest BCUT2D eigenvalue weighted by Gasteiger charge is 2.28. The Balaban J connectivity index is 1.60. The van der Waals surface area contributed by atoms with Crippen LogP contribution in [0.1, 0.15) is 45.2 Å². The molecular formula is C20H25ClN2O2. The number of carbonyl (C=O) groups excluding carboxylic acids is 1. The van der Waals surface area contributed by atoms with Gasteiger partial charge in [0.05, 0.1) is 0 Å². The summed E-state index contributed by atoms with van der Waals surface area (Å²) in [5.41, 5.74) is 3.11. The third-order valence-corrected chi connectivity index (χ3v) is 4.72. The number of halogens is 1. The molecule has 1 aliphatic rings. The van der Waals surface area contributed by atoms with Crippen molar-refractivity contribution in [2.75, 3.05) is 13.1 Å². The number of aromatic amines is 1. The number of hydrogen-bond acceptors (Lipinski definition) is 2. The summed E-state index contributed by atoms with van der Waals surface area (Å²) >= 11 is 5.96. The minimum Gasteiger partial charge on any atom is -0.444 e. The first kappa shape index (κ1) is 17.9. The van der Waals surface area contributed by atoms with E-state index in [9.17, 15) is 4.79 Å². The molecule has 134 valence electrons. The van der Waals surface area contributed by atoms with E-state index in [1.165, 1.54) is 11.3 Å². The molecule has 0 saturated carbocycles. The molecule has 0 bridgehead atoms. The lowest BCUT2D eigenvalue weighted by Crippen LogP contribution is -2.41. The van der Waals surface area contributed by atoms with Crippen molar-refractivity contribution < 1.29 is 9.53 Å². The fourth-order valence-corrected chi connectivity index (χ4v) is 3.28. The number of piperidine rings is 1. The van der Waals surface area contributed by atoms with E-state index in [-0.39, 0.29) is 6.09 Å². The Morgan fingerprint density at radius 2 is 1.80 bits per heavy atom. The summed E-state index contributed by atoms with van der Waals surface area (Å²) in [6.45, 7) is 7.16. The second kappa shape index (κ2) is 7.12. The minimum absolute atomic E-state index is 0.209. The zero-order chi connectivity index (χ0) is 18.0. The number of carbonyl (C=O) groups is 1. The Morgan fingerprint density at radius 3 is 2.40 bits per heavy atom. The van der Waals surface area contributed by atoms with Gasteiger partial charge >= 0.3 is 6.09 Å². The fourth-order valence-electron chi connectivity index (χ4n) is 3.16. The van der Waals surface area contributed by atoms with Gasteiger partial charge in [0, 0.05) is 35.9 Å². The molecule has 4 nitrogen and oxygen atoms in total. The molecule has 2 aromatic rings. The third kappa shape index (κ3) is 4.57. The number of aromatic nitrogens is 1. The maximum atomic E-state index is 12.2. The average Bonchev–Trinajstić information content (AvgIpc) is 3.04. The van der Waals surface area contributed by atoms with Gasteiger partial charge in [0.2, 0.25) is 0 Å². The van der Waals surface area contributed by atoms with E-state index in [0.717, 1.165) is 36.5 Å². The number of nitrogens with zero attached hydrogens (tertiary/aromatic N) is 1. The molecule has 0 aliphatic carbocycles. The van der Waals surface area contributed by atoms with Crippen molar-refractivity contribution in [1.29, 1.82) is 0 Å². The summed E-state index contributed by atoms with van der Waals surface area (Å²) in [5.74, 6) is 0.444. The first-order chi connectivity index (χ1) is 11.8. The summed E-state index contributed by atoms with van der Waals surface area (Å²) in [5, 5.41) is 0.744. The lowest BCUT2D eigenvalue weighted by molar-refractivity contribution is 0.0204. The lowest BCUT2D eigenvalue weighted by atomic mass is 9.93. The number of amides is 1. The van der Waals surface area contributed by atoms with Crippen molar-refractivity contribution >= 4 is 17.7 Å². The zero-order valence-corrected chi connectivity index (χ0v) is 15.8. The highest BCUT2D eigenvalue weighted by atomic mass is 35.5. The molecule has 0 atom stereocenters. The van der Waals surface area contributed by atoms with Gasteiger partial charge in [-0.15, -0.1) is 0 Å². The van der Waals surface area contributed by atoms with E-state index in [0.29, 0.717) is 5.92 Å². The van der Waals surface area contributed by atoms with Crippen LogP contribution in [0.4, 0.5) is 4.79 Å². The average molecular weight is 361 g/mol. The monoisotopic (exact) mass is 360 g/mol. The fraction of sp³-hybridized carbons (Fsp3) is 0.450. The second-order valence-corrected chi connectivity index (χ2v) is 8.03. The normalized spacial score (nSPS) is 16.1. The maximum absolute atomic E-state index is 12.2. The number of likely N-dealkylation sites (tertiary alicyclic amines) is 1. The Bertz CT molecular complexity index is 723. The van der Waals surface area contributed by atoms with Crippen LogP contribution in [0.2, 0.25) is 5.02 Å². The molecule has 1 aromatic carbocycles. The molecule has 1 aliphatic heterocycles. The van der Waals surface area contributed by atoms with Gasteiger partial charge in [-0.1, -0.05) is 23.7 Å². The molecule has 1 N–H and O–H groups in total. The van der Waals surface area contributed by atoms with Crippen LogP contribution >= 0.6 is 11.6 Å². The van der Waals surface area contributed by atoms with E-state index < -0.39 is 5.60 Å². The number of hydrogen-bond donors (Lipinski definition) is 1. The number of nitrogens with one attached hydrogen (secondary N) is 1. The van der Waals surface area contributed by atoms with Crippen LogP contribution in [0.5, 0.6) is 0 Å². The van der Waals surface area contributed by atoms with Gasteiger partial charge in [-0.05, 0) is 62.9 Å². The SMILES string of the molecule is CC(C)(C)OC(=O)N1CCC(c2cc(-c3ccc(Cl)cc3)c[nH]2)CC1. The van der Waals surface area contributed by atoms with Gasteiger partial charge in [0.15, 0.2) is 0 Å². The van der Waals surface area contributed by atoms with Crippen molar-refractivity contribution in [2.24, 2.45) is 0 Å². The van der Waals surface area contributed by atoms with Crippen LogP contribution < -0.4 is 0 Å². The van der Waals surface area contributed by atoms with Gasteiger partial charge in [-0.25, -0.2) is 4.79 Å². The van der Waals surface area contributed by atoms with Gasteiger partial charge < -0.3 is 14.6 Å². The number of H-pyrrole nitrogens is 1. The predicted octanol–water partition coefficient (Wildman–Crippen LogP) is 5.45. The Kier molecular flexibility index (Phi) is 5.09. The standard InChI is InChI=1S/C20H25ClN2O2/c1-20(2,3)25-19(24)23-10-8-15(9-11-23)18-12-16(13-22-18)14-4-6-17(21)7-5-14/h4-7,12-13,15,22H,8-11H2,1-3H3. The third-order valence-electron chi connectivity index (χ3n) is 4.47. The van der Waals surface area contributed by atoms with Crippen molar-refractivity contribution in [3.05, 3.63) is 47.2 Å². The van der Waals surface area contributed by atoms with Crippen molar-refractivity contribution in [1.82, 2.24) is 9.88 Å². The smallest absolute Gasteiger partial charge is 0.410 e. The molecule has 1 aromatic heterocycles. The number of ether oxygens (including phenoxy) is 1. The molecule has 25 heavy (non-hydrogen) atoms. The van der Waals surface area contributed by atoms with E-state index in [1.807, 2.05) is 56.1 Å². The molecular weight excluding hydrogens is 336 g/mol. The summed E-state index contributed by atoms with van der Waals surface area (Å²) in [4.78, 5) is 17.4. The molecule has 0 unspecified atom stereocenters. The molecule has 1 amide bonds. The number of rotatable bonds is 2. The van der Waals surface area contributed by atoms with E-state index in [2.05, 4.69) is 11.1 Å². The van der Waals surface area contributed by atoms with Crippen LogP contribution in [0.3, 0.4) is 0 Å². The van der Waals surface area contributed by atoms with Crippen LogP contribution in [0.15, 0.2) is 36.5 Å². The van der Waals surface area contributed by atoms with Crippen LogP contribution in [0.25, 0.3) is 11.1 Å². The summed E-state index contributed by atoms with van der Waals surface area (Å²) in [6.07, 6.45) is 3.72. The molecule has 0 radical (unpaired) electrons. The summed E-state index contributed by atoms with van der Waals surface area (Å²) in [6, 6.07) is 10.1. The largest absolute Gasteiger partial charge is 0.444 e. The van der Waals surface area contributed by atoms with Gasteiger partial charge in [-0.2, -0.15) is 0 Å². The van der Waals surface area contributed by atoms with Crippen LogP contribution in [0, 0.1) is 0 Å². The molecule has 2 heterocycles. The Hall–Kier alpha value is -1.94. The van der Waals surface area contributed by atoms with Crippen LogP contribution in [-0.2, 0) is 4.74 Å². The van der Waals surface area contributed by atoms with Gasteiger partial charge in [-0.3, -0.25) is 0 Å². The van der Waals surface area contributed by atoms with Crippen molar-refractivity contribution in [3.63, 3.8) is 0 Å². The zero-order valence-electron chi connectivity index (χ0n) is 15.0. The summed E-state index contributed by atoms with van der Waals surface area (Å²) in [7, 11) is 0. The highest BCUT2D eigenvalue weighted by molar-refractivity contribution is 6.30. The summed E-state index contributed by atoms with van der Waals surface area (Å²) < 4.78 is 5.46. The second-order valence-electron chi connectivity index (χ2n) is 7.59. The maximum Gasteiger partial charge on any atom is 0.410 e. The predicted molar refractivity (Wildman–Crippen MR) is 101 cm³/mol. The Morgan fingerprint density at radius 1 is 1.16 bits per heavy atom. The first-order valence-electron chi connectivity index (χ1n) is 8.74. The van der Waals surface area contributed by atoms with Gasteiger partial charge in [0.1, 0.15) is 5.60 Å². The topological polar surface area (TPSA) is 45.3 Å². The highest BCUT2D eigenvalue weighted by Crippen LogP contribution is 2.31. The Labute approximate surface area is 154 Å². The molecule has 5 heteroatoms. The van der Waals surface area contributed by atoms with Crippen molar-refractivity contribution in [3.8, 4) is 11.1 Å². The van der Waals surface area contributed by atoms with E-state index in [4.69, 9.17) is 16.3 Å². The first-order valence-corrected chi connectivity index (χ1v) is 9.12. The van der Waals surface area contributed by atoms with E-state index >= 15 is 0 Å². The van der Waals surface area contributed by atoms with Gasteiger partial charge in [0.25, 0.3) is 0 Å². The minimum atomic E-state index is -0.444. The molecule has 1 saturated heterocycles. The van der Waals surface area contributed by atoms with E-state index in [1.54, 1.807) is 0 Å². The molecule has 1 fully saturated rings. The van der Waals surface area contributed by atoms with Crippen molar-refractivity contribution in [2.45, 2.75) is 45.1 Å². The van der Waals surface area contributed by atoms with Crippen LogP contribution in [-0.4, -0.2) is 34.7 Å². The number of benzene rings is 1. The lowest BCUT2D eigenvalue weighted by Gasteiger charge is -2.33. The quantitative estimate of drug-likeness (QED) is 0.773. The molecule has 0 spiro atoms. The molecule has 3 rings (SSSR count).